The maximum atomic E-state index is 12.3. The van der Waals surface area contributed by atoms with Gasteiger partial charge in [-0.1, -0.05) is 29.8 Å². The fourth-order valence-corrected chi connectivity index (χ4v) is 3.42. The molecule has 0 unspecified atom stereocenters. The van der Waals surface area contributed by atoms with Gasteiger partial charge in [0.25, 0.3) is 5.91 Å². The largest absolute Gasteiger partial charge is 0.455 e. The average Bonchev–Trinajstić information content (AvgIpc) is 3.06. The van der Waals surface area contributed by atoms with Gasteiger partial charge in [0.2, 0.25) is 0 Å². The molecule has 0 saturated heterocycles. The Morgan fingerprint density at radius 1 is 1.08 bits per heavy atom. The van der Waals surface area contributed by atoms with Crippen molar-refractivity contribution in [3.05, 3.63) is 82.8 Å². The van der Waals surface area contributed by atoms with Crippen LogP contribution in [0.1, 0.15) is 21.9 Å². The van der Waals surface area contributed by atoms with E-state index in [9.17, 15) is 9.00 Å². The van der Waals surface area contributed by atoms with Crippen molar-refractivity contribution < 1.29 is 13.4 Å². The zero-order chi connectivity index (χ0) is 17.8. The molecule has 0 bridgehead atoms. The van der Waals surface area contributed by atoms with Gasteiger partial charge in [-0.3, -0.25) is 9.00 Å². The molecule has 0 aliphatic heterocycles. The number of hydrogen-bond donors (Lipinski definition) is 1. The lowest BCUT2D eigenvalue weighted by molar-refractivity contribution is 0.0995. The number of rotatable bonds is 5. The van der Waals surface area contributed by atoms with Gasteiger partial charge in [-0.15, -0.1) is 0 Å². The fourth-order valence-electron chi connectivity index (χ4n) is 2.27. The minimum absolute atomic E-state index is 0.186. The first-order chi connectivity index (χ1) is 12.0. The van der Waals surface area contributed by atoms with Crippen molar-refractivity contribution in [2.45, 2.75) is 17.6 Å². The second-order valence-electron chi connectivity index (χ2n) is 5.48. The minimum Gasteiger partial charge on any atom is -0.455 e. The van der Waals surface area contributed by atoms with Crippen LogP contribution in [0, 0.1) is 6.92 Å². The number of nitrogens with one attached hydrogen (secondary N) is 1. The minimum atomic E-state index is -1.27. The summed E-state index contributed by atoms with van der Waals surface area (Å²) in [5.41, 5.74) is 1.70. The number of furan rings is 1. The van der Waals surface area contributed by atoms with Crippen LogP contribution in [0.4, 0.5) is 5.69 Å². The van der Waals surface area contributed by atoms with Crippen LogP contribution in [0.5, 0.6) is 0 Å². The average molecular weight is 374 g/mol. The molecule has 0 aliphatic rings. The Balaban J connectivity index is 1.67. The van der Waals surface area contributed by atoms with E-state index in [4.69, 9.17) is 16.0 Å². The molecule has 128 valence electrons. The van der Waals surface area contributed by atoms with Crippen molar-refractivity contribution >= 4 is 34.0 Å². The number of hydrogen-bond acceptors (Lipinski definition) is 3. The summed E-state index contributed by atoms with van der Waals surface area (Å²) in [6.07, 6.45) is 0. The predicted molar refractivity (Wildman–Crippen MR) is 99.4 cm³/mol. The molecule has 25 heavy (non-hydrogen) atoms. The highest BCUT2D eigenvalue weighted by Crippen LogP contribution is 2.19. The Labute approximate surface area is 153 Å². The van der Waals surface area contributed by atoms with Gasteiger partial charge in [-0.2, -0.15) is 0 Å². The molecule has 4 nitrogen and oxygen atoms in total. The second kappa shape index (κ2) is 7.68. The number of anilines is 1. The molecule has 6 heteroatoms. The Bertz CT molecular complexity index is 918. The van der Waals surface area contributed by atoms with E-state index in [1.807, 2.05) is 31.2 Å². The standard InChI is InChI=1S/C19H16ClNO3S/c1-13-4-2-3-5-17(13)21-19(22)18-11-8-15(24-18)12-25(23)16-9-6-14(20)7-10-16/h2-11H,12H2,1H3,(H,21,22)/t25-/m1/s1. The zero-order valence-electron chi connectivity index (χ0n) is 13.5. The third kappa shape index (κ3) is 4.38. The van der Waals surface area contributed by atoms with Gasteiger partial charge in [0.05, 0.1) is 16.6 Å². The molecule has 1 heterocycles. The lowest BCUT2D eigenvalue weighted by Gasteiger charge is -2.06. The van der Waals surface area contributed by atoms with Crippen molar-refractivity contribution in [2.24, 2.45) is 0 Å². The number of carbonyl (C=O) groups excluding carboxylic acids is 1. The van der Waals surface area contributed by atoms with Crippen LogP contribution in [0.3, 0.4) is 0 Å². The third-order valence-electron chi connectivity index (χ3n) is 3.63. The van der Waals surface area contributed by atoms with Gasteiger partial charge in [0.1, 0.15) is 5.76 Å². The highest BCUT2D eigenvalue weighted by molar-refractivity contribution is 7.84. The molecule has 2 aromatic carbocycles. The van der Waals surface area contributed by atoms with E-state index >= 15 is 0 Å². The molecule has 3 aromatic rings. The van der Waals surface area contributed by atoms with E-state index in [1.165, 1.54) is 0 Å². The first-order valence-corrected chi connectivity index (χ1v) is 9.32. The van der Waals surface area contributed by atoms with Gasteiger partial charge in [0.15, 0.2) is 5.76 Å². The quantitative estimate of drug-likeness (QED) is 0.698. The molecular weight excluding hydrogens is 358 g/mol. The number of amides is 1. The molecule has 1 N–H and O–H groups in total. The van der Waals surface area contributed by atoms with E-state index < -0.39 is 10.8 Å². The molecule has 1 aromatic heterocycles. The van der Waals surface area contributed by atoms with Crippen LogP contribution in [0.15, 0.2) is 70.0 Å². The Morgan fingerprint density at radius 3 is 2.52 bits per heavy atom. The van der Waals surface area contributed by atoms with Gasteiger partial charge in [-0.05, 0) is 55.0 Å². The molecule has 0 spiro atoms. The van der Waals surface area contributed by atoms with Crippen molar-refractivity contribution in [1.82, 2.24) is 0 Å². The summed E-state index contributed by atoms with van der Waals surface area (Å²) in [4.78, 5) is 12.9. The Kier molecular flexibility index (Phi) is 5.36. The zero-order valence-corrected chi connectivity index (χ0v) is 15.1. The molecule has 1 amide bonds. The Hall–Kier alpha value is -2.37. The summed E-state index contributed by atoms with van der Waals surface area (Å²) in [6.45, 7) is 1.92. The summed E-state index contributed by atoms with van der Waals surface area (Å²) in [5.74, 6) is 0.534. The van der Waals surface area contributed by atoms with Gasteiger partial charge in [0, 0.05) is 15.6 Å². The number of benzene rings is 2. The van der Waals surface area contributed by atoms with E-state index in [1.54, 1.807) is 36.4 Å². The highest BCUT2D eigenvalue weighted by Gasteiger charge is 2.14. The van der Waals surface area contributed by atoms with Crippen LogP contribution >= 0.6 is 11.6 Å². The predicted octanol–water partition coefficient (Wildman–Crippen LogP) is 4.80. The van der Waals surface area contributed by atoms with Crippen LogP contribution in [0.2, 0.25) is 5.02 Å². The van der Waals surface area contributed by atoms with Crippen molar-refractivity contribution in [3.63, 3.8) is 0 Å². The summed E-state index contributed by atoms with van der Waals surface area (Å²) in [6, 6.07) is 17.6. The van der Waals surface area contributed by atoms with Crippen LogP contribution in [-0.2, 0) is 16.6 Å². The second-order valence-corrected chi connectivity index (χ2v) is 7.37. The monoisotopic (exact) mass is 373 g/mol. The molecule has 0 aliphatic carbocycles. The van der Waals surface area contributed by atoms with Crippen molar-refractivity contribution in [3.8, 4) is 0 Å². The normalized spacial score (nSPS) is 11.9. The summed E-state index contributed by atoms with van der Waals surface area (Å²) < 4.78 is 17.9. The summed E-state index contributed by atoms with van der Waals surface area (Å²) in [5, 5.41) is 3.40. The number of carbonyl (C=O) groups is 1. The van der Waals surface area contributed by atoms with Gasteiger partial charge >= 0.3 is 0 Å². The lowest BCUT2D eigenvalue weighted by Crippen LogP contribution is -2.11. The molecule has 0 radical (unpaired) electrons. The summed E-state index contributed by atoms with van der Waals surface area (Å²) >= 11 is 5.83. The lowest BCUT2D eigenvalue weighted by atomic mass is 10.2. The summed E-state index contributed by atoms with van der Waals surface area (Å²) in [7, 11) is -1.27. The topological polar surface area (TPSA) is 59.3 Å². The number of para-hydroxylation sites is 1. The first kappa shape index (κ1) is 17.5. The molecule has 0 fully saturated rings. The molecular formula is C19H16ClNO3S. The van der Waals surface area contributed by atoms with E-state index in [-0.39, 0.29) is 17.4 Å². The maximum absolute atomic E-state index is 12.3. The first-order valence-electron chi connectivity index (χ1n) is 7.62. The molecule has 1 atom stereocenters. The van der Waals surface area contributed by atoms with E-state index in [0.29, 0.717) is 15.7 Å². The molecule has 3 rings (SSSR count). The van der Waals surface area contributed by atoms with Crippen LogP contribution in [0.25, 0.3) is 0 Å². The number of halogens is 1. The van der Waals surface area contributed by atoms with Crippen LogP contribution < -0.4 is 5.32 Å². The fraction of sp³-hybridized carbons (Fsp3) is 0.105. The van der Waals surface area contributed by atoms with Crippen molar-refractivity contribution in [2.75, 3.05) is 5.32 Å². The Morgan fingerprint density at radius 2 is 1.80 bits per heavy atom. The molecule has 0 saturated carbocycles. The SMILES string of the molecule is Cc1ccccc1NC(=O)c1ccc(C[S@@](=O)c2ccc(Cl)cc2)o1. The van der Waals surface area contributed by atoms with Crippen molar-refractivity contribution in [1.29, 1.82) is 0 Å². The highest BCUT2D eigenvalue weighted by atomic mass is 35.5. The maximum Gasteiger partial charge on any atom is 0.291 e. The van der Waals surface area contributed by atoms with Crippen LogP contribution in [-0.4, -0.2) is 10.1 Å². The van der Waals surface area contributed by atoms with Gasteiger partial charge < -0.3 is 9.73 Å². The van der Waals surface area contributed by atoms with Gasteiger partial charge in [-0.25, -0.2) is 0 Å². The smallest absolute Gasteiger partial charge is 0.291 e. The number of aryl methyl sites for hydroxylation is 1. The van der Waals surface area contributed by atoms with E-state index in [0.717, 1.165) is 11.3 Å². The third-order valence-corrected chi connectivity index (χ3v) is 5.23. The van der Waals surface area contributed by atoms with E-state index in [2.05, 4.69) is 5.32 Å².